The van der Waals surface area contributed by atoms with E-state index in [1.165, 1.54) is 0 Å². The van der Waals surface area contributed by atoms with Gasteiger partial charge >= 0.3 is 0 Å². The average Bonchev–Trinajstić information content (AvgIpc) is 2.63. The molecule has 0 spiro atoms. The van der Waals surface area contributed by atoms with Crippen LogP contribution in [0.5, 0.6) is 0 Å². The predicted octanol–water partition coefficient (Wildman–Crippen LogP) is 2.41. The summed E-state index contributed by atoms with van der Waals surface area (Å²) in [6, 6.07) is -0.154. The minimum atomic E-state index is -0.154. The highest BCUT2D eigenvalue weighted by Crippen LogP contribution is 2.24. The fraction of sp³-hybridized carbons (Fsp3) is 0.818. The fourth-order valence-electron chi connectivity index (χ4n) is 1.17. The van der Waals surface area contributed by atoms with Gasteiger partial charge in [-0.15, -0.1) is 0 Å². The first-order valence-corrected chi connectivity index (χ1v) is 5.46. The number of hydrogen-bond donors (Lipinski definition) is 1. The molecular formula is C11H21N3O. The van der Waals surface area contributed by atoms with Gasteiger partial charge in [-0.3, -0.25) is 0 Å². The van der Waals surface area contributed by atoms with Crippen molar-refractivity contribution in [3.63, 3.8) is 0 Å². The number of hydrogen-bond acceptors (Lipinski definition) is 4. The van der Waals surface area contributed by atoms with E-state index in [9.17, 15) is 0 Å². The van der Waals surface area contributed by atoms with Gasteiger partial charge in [0.25, 0.3) is 0 Å². The van der Waals surface area contributed by atoms with Crippen molar-refractivity contribution in [2.45, 2.75) is 52.5 Å². The summed E-state index contributed by atoms with van der Waals surface area (Å²) in [5, 5.41) is 3.96. The number of nitrogens with two attached hydrogens (primary N) is 1. The van der Waals surface area contributed by atoms with Crippen molar-refractivity contribution < 1.29 is 4.52 Å². The molecule has 4 nitrogen and oxygen atoms in total. The second-order valence-corrected chi connectivity index (χ2v) is 5.12. The third kappa shape index (κ3) is 2.78. The topological polar surface area (TPSA) is 64.9 Å². The third-order valence-electron chi connectivity index (χ3n) is 2.65. The van der Waals surface area contributed by atoms with Crippen LogP contribution in [0.25, 0.3) is 0 Å². The largest absolute Gasteiger partial charge is 0.338 e. The van der Waals surface area contributed by atoms with Gasteiger partial charge in [0.05, 0.1) is 6.04 Å². The molecule has 15 heavy (non-hydrogen) atoms. The Morgan fingerprint density at radius 2 is 2.00 bits per heavy atom. The number of aromatic nitrogens is 2. The minimum absolute atomic E-state index is 0.0864. The van der Waals surface area contributed by atoms with E-state index in [1.54, 1.807) is 0 Å². The van der Waals surface area contributed by atoms with Crippen LogP contribution < -0.4 is 5.73 Å². The third-order valence-corrected chi connectivity index (χ3v) is 2.65. The van der Waals surface area contributed by atoms with E-state index in [4.69, 9.17) is 10.3 Å². The summed E-state index contributed by atoms with van der Waals surface area (Å²) in [4.78, 5) is 4.35. The monoisotopic (exact) mass is 211 g/mol. The summed E-state index contributed by atoms with van der Waals surface area (Å²) in [6.45, 7) is 10.3. The van der Waals surface area contributed by atoms with Gasteiger partial charge in [-0.05, 0) is 5.92 Å². The number of nitrogens with zero attached hydrogens (tertiary/aromatic N) is 2. The van der Waals surface area contributed by atoms with Crippen molar-refractivity contribution in [1.82, 2.24) is 10.1 Å². The molecule has 0 aromatic carbocycles. The first kappa shape index (κ1) is 12.2. The standard InChI is InChI=1S/C11H21N3O/c1-6-7(2)8(12)9-13-10(14-15-9)11(3,4)5/h7-8H,6,12H2,1-5H3/t7?,8-/m0/s1. The molecule has 0 saturated carbocycles. The van der Waals surface area contributed by atoms with E-state index in [0.717, 1.165) is 12.2 Å². The van der Waals surface area contributed by atoms with Gasteiger partial charge in [-0.25, -0.2) is 0 Å². The molecule has 0 radical (unpaired) electrons. The fourth-order valence-corrected chi connectivity index (χ4v) is 1.17. The molecule has 2 atom stereocenters. The molecule has 0 aliphatic heterocycles. The van der Waals surface area contributed by atoms with Crippen molar-refractivity contribution in [1.29, 1.82) is 0 Å². The Labute approximate surface area is 91.2 Å². The Morgan fingerprint density at radius 3 is 2.40 bits per heavy atom. The van der Waals surface area contributed by atoms with Gasteiger partial charge in [-0.1, -0.05) is 46.2 Å². The summed E-state index contributed by atoms with van der Waals surface area (Å²) >= 11 is 0. The van der Waals surface area contributed by atoms with E-state index in [0.29, 0.717) is 11.8 Å². The molecule has 0 bridgehead atoms. The van der Waals surface area contributed by atoms with Crippen LogP contribution in [-0.4, -0.2) is 10.1 Å². The zero-order chi connectivity index (χ0) is 11.6. The van der Waals surface area contributed by atoms with E-state index in [-0.39, 0.29) is 11.5 Å². The van der Waals surface area contributed by atoms with Gasteiger partial charge in [-0.2, -0.15) is 4.98 Å². The Morgan fingerprint density at radius 1 is 1.40 bits per heavy atom. The SMILES string of the molecule is CCC(C)[C@H](N)c1nc(C(C)(C)C)no1. The molecule has 86 valence electrons. The second-order valence-electron chi connectivity index (χ2n) is 5.12. The highest BCUT2D eigenvalue weighted by atomic mass is 16.5. The Kier molecular flexibility index (Phi) is 3.50. The van der Waals surface area contributed by atoms with Crippen molar-refractivity contribution in [2.24, 2.45) is 11.7 Å². The summed E-state index contributed by atoms with van der Waals surface area (Å²) in [6.07, 6.45) is 1.01. The van der Waals surface area contributed by atoms with Crippen molar-refractivity contribution in [3.8, 4) is 0 Å². The molecule has 1 heterocycles. The molecule has 1 rings (SSSR count). The van der Waals surface area contributed by atoms with Gasteiger partial charge in [0.15, 0.2) is 5.82 Å². The van der Waals surface area contributed by atoms with Gasteiger partial charge in [0.2, 0.25) is 5.89 Å². The first-order chi connectivity index (χ1) is 6.86. The molecule has 0 aliphatic carbocycles. The molecule has 0 saturated heterocycles. The molecule has 4 heteroatoms. The molecule has 2 N–H and O–H groups in total. The van der Waals surface area contributed by atoms with Crippen LogP contribution in [0.15, 0.2) is 4.52 Å². The molecule has 0 amide bonds. The second kappa shape index (κ2) is 4.31. The molecule has 0 aliphatic rings. The highest BCUT2D eigenvalue weighted by molar-refractivity contribution is 5.02. The average molecular weight is 211 g/mol. The van der Waals surface area contributed by atoms with Crippen LogP contribution in [0.2, 0.25) is 0 Å². The summed E-state index contributed by atoms with van der Waals surface area (Å²) < 4.78 is 5.19. The Balaban J connectivity index is 2.85. The lowest BCUT2D eigenvalue weighted by Crippen LogP contribution is -2.19. The Hall–Kier alpha value is -0.900. The van der Waals surface area contributed by atoms with E-state index >= 15 is 0 Å². The molecule has 1 aromatic rings. The maximum atomic E-state index is 6.01. The van der Waals surface area contributed by atoms with Crippen LogP contribution in [0.4, 0.5) is 0 Å². The first-order valence-electron chi connectivity index (χ1n) is 5.46. The molecule has 0 fully saturated rings. The van der Waals surface area contributed by atoms with Crippen LogP contribution in [-0.2, 0) is 5.41 Å². The highest BCUT2D eigenvalue weighted by Gasteiger charge is 2.25. The normalized spacial score (nSPS) is 16.4. The van der Waals surface area contributed by atoms with Crippen molar-refractivity contribution in [2.75, 3.05) is 0 Å². The molecular weight excluding hydrogens is 190 g/mol. The Bertz CT molecular complexity index is 314. The van der Waals surface area contributed by atoms with E-state index in [1.807, 2.05) is 0 Å². The van der Waals surface area contributed by atoms with E-state index in [2.05, 4.69) is 44.8 Å². The maximum Gasteiger partial charge on any atom is 0.243 e. The van der Waals surface area contributed by atoms with Crippen LogP contribution in [0.1, 0.15) is 58.8 Å². The predicted molar refractivity (Wildman–Crippen MR) is 59.4 cm³/mol. The minimum Gasteiger partial charge on any atom is -0.338 e. The zero-order valence-electron chi connectivity index (χ0n) is 10.2. The van der Waals surface area contributed by atoms with Crippen molar-refractivity contribution in [3.05, 3.63) is 11.7 Å². The molecule has 1 aromatic heterocycles. The van der Waals surface area contributed by atoms with Crippen LogP contribution in [0, 0.1) is 5.92 Å². The lowest BCUT2D eigenvalue weighted by atomic mass is 9.96. The molecule has 1 unspecified atom stereocenters. The van der Waals surface area contributed by atoms with Gasteiger partial charge in [0.1, 0.15) is 0 Å². The van der Waals surface area contributed by atoms with Crippen molar-refractivity contribution >= 4 is 0 Å². The smallest absolute Gasteiger partial charge is 0.243 e. The summed E-state index contributed by atoms with van der Waals surface area (Å²) in [7, 11) is 0. The lowest BCUT2D eigenvalue weighted by Gasteiger charge is -2.14. The van der Waals surface area contributed by atoms with Crippen LogP contribution in [0.3, 0.4) is 0 Å². The van der Waals surface area contributed by atoms with Gasteiger partial charge < -0.3 is 10.3 Å². The lowest BCUT2D eigenvalue weighted by molar-refractivity contribution is 0.307. The van der Waals surface area contributed by atoms with Gasteiger partial charge in [0, 0.05) is 5.41 Å². The zero-order valence-corrected chi connectivity index (χ0v) is 10.2. The quantitative estimate of drug-likeness (QED) is 0.833. The van der Waals surface area contributed by atoms with Crippen LogP contribution >= 0.6 is 0 Å². The van der Waals surface area contributed by atoms with E-state index < -0.39 is 0 Å². The number of rotatable bonds is 3. The maximum absolute atomic E-state index is 6.01. The summed E-state index contributed by atoms with van der Waals surface area (Å²) in [5.74, 6) is 1.63. The summed E-state index contributed by atoms with van der Waals surface area (Å²) in [5.41, 5.74) is 5.92.